The van der Waals surface area contributed by atoms with E-state index in [1.54, 1.807) is 0 Å². The maximum absolute atomic E-state index is 2.69. The van der Waals surface area contributed by atoms with Gasteiger partial charge in [0.2, 0.25) is 0 Å². The van der Waals surface area contributed by atoms with E-state index in [1.165, 1.54) is 38.9 Å². The summed E-state index contributed by atoms with van der Waals surface area (Å²) in [5, 5.41) is 0. The van der Waals surface area contributed by atoms with Gasteiger partial charge in [0, 0.05) is 19.6 Å². The highest BCUT2D eigenvalue weighted by molar-refractivity contribution is 4.97. The summed E-state index contributed by atoms with van der Waals surface area (Å²) < 4.78 is 0. The van der Waals surface area contributed by atoms with Gasteiger partial charge >= 0.3 is 0 Å². The van der Waals surface area contributed by atoms with Crippen LogP contribution in [-0.4, -0.2) is 24.5 Å². The Kier molecular flexibility index (Phi) is 1.31. The van der Waals surface area contributed by atoms with E-state index >= 15 is 0 Å². The highest BCUT2D eigenvalue weighted by Gasteiger charge is 2.37. The fourth-order valence-electron chi connectivity index (χ4n) is 3.31. The van der Waals surface area contributed by atoms with Crippen LogP contribution in [0.3, 0.4) is 0 Å². The van der Waals surface area contributed by atoms with Crippen molar-refractivity contribution in [3.8, 4) is 0 Å². The van der Waals surface area contributed by atoms with Crippen LogP contribution >= 0.6 is 0 Å². The Morgan fingerprint density at radius 2 is 1.91 bits per heavy atom. The van der Waals surface area contributed by atoms with Crippen LogP contribution < -0.4 is 0 Å². The molecular formula is C10H16N. The molecule has 0 spiro atoms. The standard InChI is InChI=1S/C10H16N/c1-2-9-4-10-3-8(1)5-11(6-9)7-10/h1,8-10H,2-7H2. The van der Waals surface area contributed by atoms with Crippen molar-refractivity contribution in [2.45, 2.75) is 19.3 Å². The number of fused-ring (bicyclic) bond motifs is 1. The smallest absolute Gasteiger partial charge is 0.00128 e. The van der Waals surface area contributed by atoms with E-state index in [0.717, 1.165) is 17.8 Å². The quantitative estimate of drug-likeness (QED) is 0.506. The zero-order chi connectivity index (χ0) is 7.26. The number of hydrogen-bond acceptors (Lipinski definition) is 1. The van der Waals surface area contributed by atoms with Crippen LogP contribution in [0.2, 0.25) is 0 Å². The second kappa shape index (κ2) is 2.22. The fourth-order valence-corrected chi connectivity index (χ4v) is 3.31. The Morgan fingerprint density at radius 3 is 2.82 bits per heavy atom. The Bertz CT molecular complexity index is 132. The van der Waals surface area contributed by atoms with Crippen LogP contribution in [0.4, 0.5) is 0 Å². The van der Waals surface area contributed by atoms with E-state index in [2.05, 4.69) is 11.3 Å². The molecule has 3 saturated heterocycles. The monoisotopic (exact) mass is 150 g/mol. The largest absolute Gasteiger partial charge is 0.303 e. The lowest BCUT2D eigenvalue weighted by Gasteiger charge is -2.41. The van der Waals surface area contributed by atoms with Gasteiger partial charge in [-0.25, -0.2) is 0 Å². The molecule has 4 bridgehead atoms. The van der Waals surface area contributed by atoms with Gasteiger partial charge in [-0.2, -0.15) is 0 Å². The second-order valence-electron chi connectivity index (χ2n) is 4.65. The van der Waals surface area contributed by atoms with E-state index in [0.29, 0.717) is 0 Å². The topological polar surface area (TPSA) is 3.24 Å². The van der Waals surface area contributed by atoms with Gasteiger partial charge in [0.15, 0.2) is 0 Å². The molecule has 3 aliphatic heterocycles. The van der Waals surface area contributed by atoms with Gasteiger partial charge in [-0.3, -0.25) is 0 Å². The minimum absolute atomic E-state index is 0.959. The third-order valence-electron chi connectivity index (χ3n) is 3.63. The Hall–Kier alpha value is -0.0400. The number of nitrogens with zero attached hydrogens (tertiary/aromatic N) is 1. The van der Waals surface area contributed by atoms with Crippen molar-refractivity contribution < 1.29 is 0 Å². The molecule has 0 amide bonds. The molecule has 4 atom stereocenters. The summed E-state index contributed by atoms with van der Waals surface area (Å²) in [6.45, 7) is 4.21. The first-order valence-electron chi connectivity index (χ1n) is 4.96. The van der Waals surface area contributed by atoms with Crippen LogP contribution in [0.5, 0.6) is 0 Å². The van der Waals surface area contributed by atoms with Crippen LogP contribution in [0.1, 0.15) is 19.3 Å². The third-order valence-corrected chi connectivity index (χ3v) is 3.63. The summed E-state index contributed by atoms with van der Waals surface area (Å²) >= 11 is 0. The maximum Gasteiger partial charge on any atom is 0.00128 e. The molecule has 4 fully saturated rings. The predicted octanol–water partition coefficient (Wildman–Crippen LogP) is 1.55. The van der Waals surface area contributed by atoms with Crippen LogP contribution in [0.25, 0.3) is 0 Å². The molecule has 4 unspecified atom stereocenters. The Labute approximate surface area is 68.8 Å². The van der Waals surface area contributed by atoms with Crippen molar-refractivity contribution in [1.29, 1.82) is 0 Å². The minimum Gasteiger partial charge on any atom is -0.303 e. The Morgan fingerprint density at radius 1 is 1.00 bits per heavy atom. The van der Waals surface area contributed by atoms with Crippen molar-refractivity contribution in [3.63, 3.8) is 0 Å². The van der Waals surface area contributed by atoms with Crippen molar-refractivity contribution in [1.82, 2.24) is 4.90 Å². The van der Waals surface area contributed by atoms with E-state index in [1.807, 2.05) is 0 Å². The van der Waals surface area contributed by atoms with Crippen molar-refractivity contribution in [3.05, 3.63) is 6.42 Å². The van der Waals surface area contributed by atoms with Crippen LogP contribution in [0.15, 0.2) is 0 Å². The first-order chi connectivity index (χ1) is 5.40. The summed E-state index contributed by atoms with van der Waals surface area (Å²) in [7, 11) is 0. The molecule has 3 heterocycles. The van der Waals surface area contributed by atoms with E-state index in [-0.39, 0.29) is 0 Å². The van der Waals surface area contributed by atoms with Gasteiger partial charge in [0.25, 0.3) is 0 Å². The molecule has 1 radical (unpaired) electrons. The first-order valence-corrected chi connectivity index (χ1v) is 4.96. The van der Waals surface area contributed by atoms with Crippen LogP contribution in [0, 0.1) is 24.2 Å². The molecule has 1 heteroatoms. The summed E-state index contributed by atoms with van der Waals surface area (Å²) in [5.41, 5.74) is 0. The molecule has 1 saturated carbocycles. The molecule has 0 N–H and O–H groups in total. The van der Waals surface area contributed by atoms with Gasteiger partial charge in [-0.15, -0.1) is 0 Å². The van der Waals surface area contributed by atoms with Crippen molar-refractivity contribution in [2.75, 3.05) is 19.6 Å². The predicted molar refractivity (Wildman–Crippen MR) is 45.1 cm³/mol. The van der Waals surface area contributed by atoms with E-state index in [9.17, 15) is 0 Å². The highest BCUT2D eigenvalue weighted by atomic mass is 15.2. The number of hydrogen-bond donors (Lipinski definition) is 0. The highest BCUT2D eigenvalue weighted by Crippen LogP contribution is 2.40. The second-order valence-corrected chi connectivity index (χ2v) is 4.65. The molecule has 0 aromatic rings. The van der Waals surface area contributed by atoms with Gasteiger partial charge in [0.1, 0.15) is 0 Å². The number of rotatable bonds is 0. The molecule has 0 aromatic heterocycles. The zero-order valence-corrected chi connectivity index (χ0v) is 7.00. The SMILES string of the molecule is [CH]1CC2CC3CC1CN(C2)C3. The average Bonchev–Trinajstić information content (AvgIpc) is 2.18. The molecule has 0 aromatic carbocycles. The third kappa shape index (κ3) is 1.01. The molecule has 1 aliphatic carbocycles. The normalized spacial score (nSPS) is 54.5. The van der Waals surface area contributed by atoms with Crippen molar-refractivity contribution >= 4 is 0 Å². The van der Waals surface area contributed by atoms with Gasteiger partial charge in [0.05, 0.1) is 0 Å². The molecule has 11 heavy (non-hydrogen) atoms. The van der Waals surface area contributed by atoms with Crippen LogP contribution in [-0.2, 0) is 0 Å². The van der Waals surface area contributed by atoms with Gasteiger partial charge < -0.3 is 4.90 Å². The maximum atomic E-state index is 2.69. The fraction of sp³-hybridized carbons (Fsp3) is 0.900. The zero-order valence-electron chi connectivity index (χ0n) is 7.00. The lowest BCUT2D eigenvalue weighted by atomic mass is 9.84. The summed E-state index contributed by atoms with van der Waals surface area (Å²) in [6, 6.07) is 0. The number of piperidine rings is 2. The summed E-state index contributed by atoms with van der Waals surface area (Å²) in [5.74, 6) is 3.05. The molecular weight excluding hydrogens is 134 g/mol. The molecule has 61 valence electrons. The Balaban J connectivity index is 1.90. The van der Waals surface area contributed by atoms with E-state index < -0.39 is 0 Å². The summed E-state index contributed by atoms with van der Waals surface area (Å²) in [4.78, 5) is 2.69. The van der Waals surface area contributed by atoms with Gasteiger partial charge in [-0.1, -0.05) is 0 Å². The van der Waals surface area contributed by atoms with Gasteiger partial charge in [-0.05, 0) is 43.4 Å². The molecule has 4 rings (SSSR count). The molecule has 4 aliphatic rings. The van der Waals surface area contributed by atoms with E-state index in [4.69, 9.17) is 0 Å². The van der Waals surface area contributed by atoms with Crippen molar-refractivity contribution in [2.24, 2.45) is 17.8 Å². The molecule has 1 nitrogen and oxygen atoms in total. The lowest BCUT2D eigenvalue weighted by Crippen LogP contribution is -2.45. The minimum atomic E-state index is 0.959. The summed E-state index contributed by atoms with van der Waals surface area (Å²) in [6.07, 6.45) is 7.05. The lowest BCUT2D eigenvalue weighted by molar-refractivity contribution is 0.0809. The first kappa shape index (κ1) is 6.47. The average molecular weight is 150 g/mol.